The highest BCUT2D eigenvalue weighted by molar-refractivity contribution is 7.00. The van der Waals surface area contributed by atoms with Crippen molar-refractivity contribution in [3.8, 4) is 22.3 Å². The minimum absolute atomic E-state index is 0.0209. The number of anilines is 9. The summed E-state index contributed by atoms with van der Waals surface area (Å²) in [5, 5.41) is 0. The molecule has 0 unspecified atom stereocenters. The number of fused-ring (bicyclic) bond motifs is 4. The van der Waals surface area contributed by atoms with E-state index in [1.165, 1.54) is 66.8 Å². The molecule has 3 nitrogen and oxygen atoms in total. The number of para-hydroxylation sites is 2. The summed E-state index contributed by atoms with van der Waals surface area (Å²) < 4.78 is 0. The molecule has 0 bridgehead atoms. The van der Waals surface area contributed by atoms with Gasteiger partial charge in [0.25, 0.3) is 6.71 Å². The molecular formula is C62H54BN3. The van der Waals surface area contributed by atoms with E-state index in [1.54, 1.807) is 0 Å². The zero-order valence-corrected chi connectivity index (χ0v) is 38.7. The fraction of sp³-hybridized carbons (Fsp3) is 0.129. The largest absolute Gasteiger partial charge is 0.311 e. The van der Waals surface area contributed by atoms with Crippen LogP contribution >= 0.6 is 0 Å². The molecule has 0 aliphatic carbocycles. The Morgan fingerprint density at radius 3 is 1.39 bits per heavy atom. The van der Waals surface area contributed by atoms with Crippen LogP contribution in [-0.2, 0) is 10.8 Å². The third-order valence-corrected chi connectivity index (χ3v) is 13.5. The molecule has 0 spiro atoms. The number of benzene rings is 9. The van der Waals surface area contributed by atoms with Gasteiger partial charge in [-0.2, -0.15) is 0 Å². The Morgan fingerprint density at radius 1 is 0.333 bits per heavy atom. The molecule has 4 heteroatoms. The third kappa shape index (κ3) is 7.27. The Hall–Kier alpha value is -7.56. The fourth-order valence-corrected chi connectivity index (χ4v) is 10.1. The van der Waals surface area contributed by atoms with E-state index in [0.29, 0.717) is 0 Å². The number of rotatable bonds is 7. The lowest BCUT2D eigenvalue weighted by Crippen LogP contribution is -2.61. The van der Waals surface area contributed by atoms with E-state index in [0.717, 1.165) is 34.1 Å². The molecule has 0 atom stereocenters. The summed E-state index contributed by atoms with van der Waals surface area (Å²) in [6.45, 7) is 13.8. The third-order valence-electron chi connectivity index (χ3n) is 13.5. The van der Waals surface area contributed by atoms with Crippen LogP contribution in [0.25, 0.3) is 22.3 Å². The van der Waals surface area contributed by atoms with Crippen LogP contribution in [0.2, 0.25) is 0 Å². The Bertz CT molecular complexity index is 3170. The summed E-state index contributed by atoms with van der Waals surface area (Å²) in [4.78, 5) is 7.52. The molecular weight excluding hydrogens is 798 g/mol. The molecule has 320 valence electrons. The summed E-state index contributed by atoms with van der Waals surface area (Å²) in [5.41, 5.74) is 21.5. The highest BCUT2D eigenvalue weighted by atomic mass is 15.2. The van der Waals surface area contributed by atoms with Crippen molar-refractivity contribution in [2.24, 2.45) is 0 Å². The lowest BCUT2D eigenvalue weighted by Gasteiger charge is -2.45. The summed E-state index contributed by atoms with van der Waals surface area (Å²) in [5.74, 6) is 0. The van der Waals surface area contributed by atoms with Crippen LogP contribution in [0, 0.1) is 0 Å². The first kappa shape index (κ1) is 41.2. The zero-order chi connectivity index (χ0) is 45.2. The Morgan fingerprint density at radius 2 is 0.833 bits per heavy atom. The molecule has 11 rings (SSSR count). The van der Waals surface area contributed by atoms with Crippen molar-refractivity contribution in [1.82, 2.24) is 0 Å². The van der Waals surface area contributed by atoms with Gasteiger partial charge >= 0.3 is 0 Å². The van der Waals surface area contributed by atoms with Crippen LogP contribution in [0.15, 0.2) is 218 Å². The van der Waals surface area contributed by atoms with Gasteiger partial charge in [0.2, 0.25) is 0 Å². The first-order valence-corrected chi connectivity index (χ1v) is 23.3. The van der Waals surface area contributed by atoms with E-state index in [-0.39, 0.29) is 17.5 Å². The summed E-state index contributed by atoms with van der Waals surface area (Å²) in [7, 11) is 0. The zero-order valence-electron chi connectivity index (χ0n) is 38.7. The molecule has 66 heavy (non-hydrogen) atoms. The molecule has 0 fully saturated rings. The Balaban J connectivity index is 1.27. The van der Waals surface area contributed by atoms with Crippen LogP contribution in [0.4, 0.5) is 51.2 Å². The second-order valence-electron chi connectivity index (χ2n) is 19.9. The van der Waals surface area contributed by atoms with Gasteiger partial charge in [0, 0.05) is 45.5 Å². The predicted molar refractivity (Wildman–Crippen MR) is 283 cm³/mol. The van der Waals surface area contributed by atoms with Gasteiger partial charge in [-0.25, -0.2) is 0 Å². The molecule has 0 radical (unpaired) electrons. The van der Waals surface area contributed by atoms with Gasteiger partial charge in [-0.05, 0) is 133 Å². The van der Waals surface area contributed by atoms with E-state index in [2.05, 4.69) is 275 Å². The number of hydrogen-bond acceptors (Lipinski definition) is 3. The SMILES string of the molecule is CC(C)(C)c1ccc(N2c3ccc(C(C)(C)C)cc3B3c4ccc(-c5ccccc5)cc4N(c4cccc(-c5ccccc5)c4)c4cc(N(c5ccccc5)c5ccccc5)cc2c43)cc1. The summed E-state index contributed by atoms with van der Waals surface area (Å²) in [6, 6.07) is 81.0. The van der Waals surface area contributed by atoms with Gasteiger partial charge in [0.15, 0.2) is 0 Å². The van der Waals surface area contributed by atoms with Crippen LogP contribution in [0.3, 0.4) is 0 Å². The molecule has 9 aromatic carbocycles. The Labute approximate surface area is 391 Å². The number of hydrogen-bond donors (Lipinski definition) is 0. The standard InChI is InChI=1S/C62H54BN3/c1-61(2,3)47-31-34-51(35-32-47)65-56-37-33-48(62(4,5)6)40-55(56)63-54-36-30-46(44-22-13-8-14-23-44)39-57(54)66(52-29-19-24-45(38-52)43-20-11-7-12-21-43)59-42-53(41-58(65)60(59)63)64(49-25-15-9-16-26-49)50-27-17-10-18-28-50/h7-42H,1-6H3. The monoisotopic (exact) mass is 851 g/mol. The highest BCUT2D eigenvalue weighted by Crippen LogP contribution is 2.49. The van der Waals surface area contributed by atoms with Gasteiger partial charge in [-0.1, -0.05) is 187 Å². The van der Waals surface area contributed by atoms with Gasteiger partial charge in [0.05, 0.1) is 5.69 Å². The lowest BCUT2D eigenvalue weighted by atomic mass is 9.33. The topological polar surface area (TPSA) is 9.72 Å². The van der Waals surface area contributed by atoms with Crippen molar-refractivity contribution in [2.75, 3.05) is 14.7 Å². The molecule has 2 aliphatic heterocycles. The first-order chi connectivity index (χ1) is 32.0. The van der Waals surface area contributed by atoms with E-state index >= 15 is 0 Å². The summed E-state index contributed by atoms with van der Waals surface area (Å²) >= 11 is 0. The van der Waals surface area contributed by atoms with Crippen molar-refractivity contribution in [2.45, 2.75) is 52.4 Å². The molecule has 9 aromatic rings. The lowest BCUT2D eigenvalue weighted by molar-refractivity contribution is 0.590. The predicted octanol–water partition coefficient (Wildman–Crippen LogP) is 15.2. The van der Waals surface area contributed by atoms with E-state index in [4.69, 9.17) is 0 Å². The van der Waals surface area contributed by atoms with Crippen molar-refractivity contribution < 1.29 is 0 Å². The maximum absolute atomic E-state index is 2.56. The van der Waals surface area contributed by atoms with Crippen molar-refractivity contribution in [3.05, 3.63) is 230 Å². The molecule has 2 aliphatic rings. The normalized spacial score (nSPS) is 12.9. The van der Waals surface area contributed by atoms with Crippen LogP contribution < -0.4 is 31.1 Å². The quantitative estimate of drug-likeness (QED) is 0.148. The highest BCUT2D eigenvalue weighted by Gasteiger charge is 2.44. The van der Waals surface area contributed by atoms with Crippen LogP contribution in [-0.4, -0.2) is 6.71 Å². The van der Waals surface area contributed by atoms with Gasteiger partial charge in [-0.15, -0.1) is 0 Å². The van der Waals surface area contributed by atoms with E-state index in [1.807, 2.05) is 0 Å². The molecule has 0 N–H and O–H groups in total. The second-order valence-corrected chi connectivity index (χ2v) is 19.9. The number of nitrogens with zero attached hydrogens (tertiary/aromatic N) is 3. The average Bonchev–Trinajstić information content (AvgIpc) is 3.34. The van der Waals surface area contributed by atoms with Gasteiger partial charge in [0.1, 0.15) is 0 Å². The van der Waals surface area contributed by atoms with Crippen molar-refractivity contribution in [1.29, 1.82) is 0 Å². The maximum atomic E-state index is 2.56. The molecule has 0 amide bonds. The van der Waals surface area contributed by atoms with Crippen LogP contribution in [0.1, 0.15) is 52.7 Å². The maximum Gasteiger partial charge on any atom is 0.252 e. The first-order valence-electron chi connectivity index (χ1n) is 23.3. The second kappa shape index (κ2) is 16.2. The van der Waals surface area contributed by atoms with Crippen molar-refractivity contribution in [3.63, 3.8) is 0 Å². The smallest absolute Gasteiger partial charge is 0.252 e. The van der Waals surface area contributed by atoms with E-state index < -0.39 is 0 Å². The average molecular weight is 852 g/mol. The van der Waals surface area contributed by atoms with Gasteiger partial charge in [-0.3, -0.25) is 0 Å². The molecule has 2 heterocycles. The Kier molecular flexibility index (Phi) is 10.1. The fourth-order valence-electron chi connectivity index (χ4n) is 10.1. The minimum Gasteiger partial charge on any atom is -0.311 e. The van der Waals surface area contributed by atoms with E-state index in [9.17, 15) is 0 Å². The molecule has 0 saturated carbocycles. The summed E-state index contributed by atoms with van der Waals surface area (Å²) in [6.07, 6.45) is 0. The van der Waals surface area contributed by atoms with Crippen molar-refractivity contribution >= 4 is 74.3 Å². The molecule has 0 saturated heterocycles. The van der Waals surface area contributed by atoms with Gasteiger partial charge < -0.3 is 14.7 Å². The minimum atomic E-state index is -0.0500. The molecule has 0 aromatic heterocycles. The van der Waals surface area contributed by atoms with Crippen LogP contribution in [0.5, 0.6) is 0 Å².